The Bertz CT molecular complexity index is 1090. The van der Waals surface area contributed by atoms with Crippen LogP contribution < -0.4 is 5.56 Å². The fourth-order valence-corrected chi connectivity index (χ4v) is 3.91. The molecule has 158 valence electrons. The van der Waals surface area contributed by atoms with Gasteiger partial charge in [-0.25, -0.2) is 0 Å². The van der Waals surface area contributed by atoms with Crippen molar-refractivity contribution in [1.82, 2.24) is 14.4 Å². The molecule has 2 heterocycles. The van der Waals surface area contributed by atoms with Crippen molar-refractivity contribution in [2.24, 2.45) is 0 Å². The van der Waals surface area contributed by atoms with Gasteiger partial charge in [-0.15, -0.1) is 0 Å². The fourth-order valence-electron chi connectivity index (χ4n) is 3.91. The summed E-state index contributed by atoms with van der Waals surface area (Å²) in [6.45, 7) is 3.30. The number of carbonyl (C=O) groups is 2. The van der Waals surface area contributed by atoms with Crippen LogP contribution in [0.25, 0.3) is 0 Å². The van der Waals surface area contributed by atoms with Gasteiger partial charge in [0.2, 0.25) is 0 Å². The number of carbonyl (C=O) groups excluding carboxylic acids is 2. The molecule has 1 unspecified atom stereocenters. The summed E-state index contributed by atoms with van der Waals surface area (Å²) in [6, 6.07) is 22.3. The Morgan fingerprint density at radius 1 is 0.774 bits per heavy atom. The summed E-state index contributed by atoms with van der Waals surface area (Å²) in [6.07, 6.45) is 1.51. The van der Waals surface area contributed by atoms with Gasteiger partial charge in [0.25, 0.3) is 11.5 Å². The van der Waals surface area contributed by atoms with Crippen LogP contribution >= 0.6 is 0 Å². The normalized spacial score (nSPS) is 15.4. The summed E-state index contributed by atoms with van der Waals surface area (Å²) in [5, 5.41) is 0. The van der Waals surface area contributed by atoms with Gasteiger partial charge < -0.3 is 4.90 Å². The highest BCUT2D eigenvalue weighted by Gasteiger charge is 2.34. The molecule has 0 bridgehead atoms. The van der Waals surface area contributed by atoms with E-state index in [0.717, 1.165) is 19.6 Å². The molecule has 0 spiro atoms. The predicted molar refractivity (Wildman–Crippen MR) is 119 cm³/mol. The second-order valence-electron chi connectivity index (χ2n) is 7.67. The fraction of sp³-hybridized carbons (Fsp3) is 0.240. The van der Waals surface area contributed by atoms with Crippen LogP contribution in [0.4, 0.5) is 0 Å². The Kier molecular flexibility index (Phi) is 6.38. The monoisotopic (exact) mass is 415 g/mol. The lowest BCUT2D eigenvalue weighted by Crippen LogP contribution is -2.52. The average Bonchev–Trinajstić information content (AvgIpc) is 2.82. The Labute approximate surface area is 181 Å². The third-order valence-corrected chi connectivity index (χ3v) is 5.60. The molecule has 2 aromatic carbocycles. The Morgan fingerprint density at radius 2 is 1.39 bits per heavy atom. The number of hydrogen-bond acceptors (Lipinski definition) is 4. The minimum Gasteiger partial charge on any atom is -0.338 e. The molecule has 6 nitrogen and oxygen atoms in total. The first-order chi connectivity index (χ1) is 15.1. The average molecular weight is 415 g/mol. The highest BCUT2D eigenvalue weighted by atomic mass is 16.2. The summed E-state index contributed by atoms with van der Waals surface area (Å²) in [4.78, 5) is 43.2. The molecule has 0 saturated carbocycles. The maximum absolute atomic E-state index is 13.5. The van der Waals surface area contributed by atoms with E-state index in [9.17, 15) is 14.4 Å². The number of piperazine rings is 1. The molecule has 1 aliphatic rings. The summed E-state index contributed by atoms with van der Waals surface area (Å²) < 4.78 is 1.24. The van der Waals surface area contributed by atoms with E-state index >= 15 is 0 Å². The maximum Gasteiger partial charge on any atom is 0.253 e. The van der Waals surface area contributed by atoms with Crippen LogP contribution in [0.3, 0.4) is 0 Å². The number of aromatic nitrogens is 1. The van der Waals surface area contributed by atoms with Crippen LogP contribution in [-0.4, -0.2) is 52.2 Å². The Hall–Kier alpha value is -3.51. The van der Waals surface area contributed by atoms with Crippen molar-refractivity contribution in [3.8, 4) is 0 Å². The highest BCUT2D eigenvalue weighted by Crippen LogP contribution is 2.18. The molecule has 6 heteroatoms. The number of ketones is 1. The van der Waals surface area contributed by atoms with Crippen LogP contribution in [-0.2, 0) is 11.3 Å². The van der Waals surface area contributed by atoms with Crippen molar-refractivity contribution in [3.63, 3.8) is 0 Å². The Morgan fingerprint density at radius 3 is 2.03 bits per heavy atom. The number of rotatable bonds is 6. The molecular formula is C25H25N3O3. The first kappa shape index (κ1) is 20.8. The minimum absolute atomic E-state index is 0.332. The number of amides is 1. The minimum atomic E-state index is -1.20. The number of benzene rings is 2. The van der Waals surface area contributed by atoms with Gasteiger partial charge in [-0.2, -0.15) is 0 Å². The maximum atomic E-state index is 13.5. The van der Waals surface area contributed by atoms with E-state index in [1.54, 1.807) is 41.3 Å². The van der Waals surface area contributed by atoms with Gasteiger partial charge in [0.1, 0.15) is 0 Å². The van der Waals surface area contributed by atoms with Crippen LogP contribution in [0.5, 0.6) is 0 Å². The first-order valence-electron chi connectivity index (χ1n) is 10.4. The molecule has 3 aromatic rings. The quantitative estimate of drug-likeness (QED) is 0.459. The number of Topliss-reactive ketones (excluding diaryl/α,β-unsaturated/α-hetero) is 1. The zero-order chi connectivity index (χ0) is 21.6. The lowest BCUT2D eigenvalue weighted by molar-refractivity contribution is -0.135. The van der Waals surface area contributed by atoms with Gasteiger partial charge >= 0.3 is 0 Å². The molecule has 1 aliphatic heterocycles. The molecule has 1 fully saturated rings. The van der Waals surface area contributed by atoms with Gasteiger partial charge in [0.15, 0.2) is 11.8 Å². The standard InChI is InChI=1S/C25H25N3O3/c29-22-13-7-8-14-28(22)23(24(30)21-11-5-2-6-12-21)25(31)27-17-15-26(16-18-27)19-20-9-3-1-4-10-20/h1-14,23H,15-19H2. The molecule has 0 aliphatic carbocycles. The lowest BCUT2D eigenvalue weighted by Gasteiger charge is -2.36. The van der Waals surface area contributed by atoms with Crippen LogP contribution in [0, 0.1) is 0 Å². The molecular weight excluding hydrogens is 390 g/mol. The van der Waals surface area contributed by atoms with E-state index in [4.69, 9.17) is 0 Å². The largest absolute Gasteiger partial charge is 0.338 e. The van der Waals surface area contributed by atoms with Gasteiger partial charge in [-0.05, 0) is 11.6 Å². The predicted octanol–water partition coefficient (Wildman–Crippen LogP) is 2.62. The van der Waals surface area contributed by atoms with Crippen LogP contribution in [0.1, 0.15) is 22.0 Å². The molecule has 1 aromatic heterocycles. The second-order valence-corrected chi connectivity index (χ2v) is 7.67. The highest BCUT2D eigenvalue weighted by molar-refractivity contribution is 6.11. The number of hydrogen-bond donors (Lipinski definition) is 0. The smallest absolute Gasteiger partial charge is 0.253 e. The van der Waals surface area contributed by atoms with Crippen LogP contribution in [0.2, 0.25) is 0 Å². The molecule has 1 amide bonds. The van der Waals surface area contributed by atoms with Gasteiger partial charge in [0, 0.05) is 50.6 Å². The van der Waals surface area contributed by atoms with E-state index < -0.39 is 6.04 Å². The summed E-state index contributed by atoms with van der Waals surface area (Å²) in [5.41, 5.74) is 1.28. The second kappa shape index (κ2) is 9.53. The third-order valence-electron chi connectivity index (χ3n) is 5.60. The molecule has 0 radical (unpaired) electrons. The first-order valence-corrected chi connectivity index (χ1v) is 10.4. The van der Waals surface area contributed by atoms with E-state index in [2.05, 4.69) is 17.0 Å². The van der Waals surface area contributed by atoms with Crippen LogP contribution in [0.15, 0.2) is 89.9 Å². The van der Waals surface area contributed by atoms with Gasteiger partial charge in [-0.1, -0.05) is 66.7 Å². The van der Waals surface area contributed by atoms with Gasteiger partial charge in [0.05, 0.1) is 0 Å². The summed E-state index contributed by atoms with van der Waals surface area (Å²) >= 11 is 0. The van der Waals surface area contributed by atoms with E-state index in [0.29, 0.717) is 18.7 Å². The summed E-state index contributed by atoms with van der Waals surface area (Å²) in [5.74, 6) is -0.702. The third kappa shape index (κ3) is 4.81. The van der Waals surface area contributed by atoms with Crippen molar-refractivity contribution in [1.29, 1.82) is 0 Å². The van der Waals surface area contributed by atoms with E-state index in [1.165, 1.54) is 22.4 Å². The van der Waals surface area contributed by atoms with E-state index in [1.807, 2.05) is 24.3 Å². The molecule has 4 rings (SSSR count). The zero-order valence-electron chi connectivity index (χ0n) is 17.3. The molecule has 1 atom stereocenters. The van der Waals surface area contributed by atoms with Crippen molar-refractivity contribution < 1.29 is 9.59 Å². The Balaban J connectivity index is 1.52. The van der Waals surface area contributed by atoms with E-state index in [-0.39, 0.29) is 17.2 Å². The zero-order valence-corrected chi connectivity index (χ0v) is 17.3. The van der Waals surface area contributed by atoms with Gasteiger partial charge in [-0.3, -0.25) is 23.9 Å². The summed E-state index contributed by atoms with van der Waals surface area (Å²) in [7, 11) is 0. The SMILES string of the molecule is O=C(c1ccccc1)C(C(=O)N1CCN(Cc2ccccc2)CC1)n1ccccc1=O. The molecule has 31 heavy (non-hydrogen) atoms. The number of nitrogens with zero attached hydrogens (tertiary/aromatic N) is 3. The molecule has 1 saturated heterocycles. The van der Waals surface area contributed by atoms with Crippen molar-refractivity contribution >= 4 is 11.7 Å². The van der Waals surface area contributed by atoms with Crippen molar-refractivity contribution in [3.05, 3.63) is 107 Å². The topological polar surface area (TPSA) is 62.6 Å². The molecule has 0 N–H and O–H groups in total. The van der Waals surface area contributed by atoms with Crippen molar-refractivity contribution in [2.75, 3.05) is 26.2 Å². The lowest BCUT2D eigenvalue weighted by atomic mass is 10.0. The van der Waals surface area contributed by atoms with Crippen molar-refractivity contribution in [2.45, 2.75) is 12.6 Å². The number of pyridine rings is 1.